The summed E-state index contributed by atoms with van der Waals surface area (Å²) < 4.78 is 10.5. The summed E-state index contributed by atoms with van der Waals surface area (Å²) in [6, 6.07) is 21.4. The highest BCUT2D eigenvalue weighted by molar-refractivity contribution is 6.88. The van der Waals surface area contributed by atoms with Gasteiger partial charge < -0.3 is 19.9 Å². The maximum Gasteiger partial charge on any atom is 0.251 e. The van der Waals surface area contributed by atoms with Gasteiger partial charge in [0.1, 0.15) is 17.5 Å². The molecule has 7 nitrogen and oxygen atoms in total. The van der Waals surface area contributed by atoms with E-state index < -0.39 is 14.1 Å². The molecule has 1 atom stereocenters. The van der Waals surface area contributed by atoms with Crippen LogP contribution in [0.4, 0.5) is 5.69 Å². The topological polar surface area (TPSA) is 93.5 Å². The summed E-state index contributed by atoms with van der Waals surface area (Å²) in [5, 5.41) is 11.9. The molecule has 2 amide bonds. The summed E-state index contributed by atoms with van der Waals surface area (Å²) in [5.41, 5.74) is 2.45. The summed E-state index contributed by atoms with van der Waals surface area (Å²) in [6.07, 6.45) is -0.0120. The number of methoxy groups -OCH3 is 1. The molecule has 4 rings (SSSR count). The minimum absolute atomic E-state index is 0.0120. The quantitative estimate of drug-likeness (QED) is 0.359. The fourth-order valence-corrected chi connectivity index (χ4v) is 4.96. The molecule has 1 heterocycles. The van der Waals surface area contributed by atoms with E-state index in [2.05, 4.69) is 47.6 Å². The second-order valence-corrected chi connectivity index (χ2v) is 14.5. The number of nitrogens with zero attached hydrogens (tertiary/aromatic N) is 1. The predicted molar refractivity (Wildman–Crippen MR) is 140 cm³/mol. The van der Waals surface area contributed by atoms with E-state index in [1.807, 2.05) is 30.3 Å². The molecule has 0 spiro atoms. The van der Waals surface area contributed by atoms with Gasteiger partial charge in [0.2, 0.25) is 5.91 Å². The molecule has 0 aliphatic heterocycles. The molecule has 1 unspecified atom stereocenters. The lowest BCUT2D eigenvalue weighted by molar-refractivity contribution is -0.126. The van der Waals surface area contributed by atoms with E-state index in [4.69, 9.17) is 9.26 Å². The number of amides is 2. The average molecular weight is 488 g/mol. The monoisotopic (exact) mass is 487 g/mol. The van der Waals surface area contributed by atoms with Crippen molar-refractivity contribution in [1.82, 2.24) is 10.5 Å². The molecular weight excluding hydrogens is 458 g/mol. The van der Waals surface area contributed by atoms with Crippen LogP contribution in [-0.4, -0.2) is 32.2 Å². The van der Waals surface area contributed by atoms with E-state index in [-0.39, 0.29) is 18.2 Å². The molecule has 2 N–H and O–H groups in total. The molecule has 0 radical (unpaired) electrons. The number of aromatic nitrogens is 1. The predicted octanol–water partition coefficient (Wildman–Crippen LogP) is 4.42. The van der Waals surface area contributed by atoms with Gasteiger partial charge in [-0.3, -0.25) is 9.59 Å². The highest BCUT2D eigenvalue weighted by atomic mass is 28.3. The van der Waals surface area contributed by atoms with E-state index in [0.717, 1.165) is 5.39 Å². The van der Waals surface area contributed by atoms with Crippen molar-refractivity contribution in [2.75, 3.05) is 12.4 Å². The van der Waals surface area contributed by atoms with Crippen LogP contribution < -0.4 is 20.6 Å². The molecule has 0 fully saturated rings. The molecule has 4 aromatic rings. The second-order valence-electron chi connectivity index (χ2n) is 9.39. The van der Waals surface area contributed by atoms with Crippen molar-refractivity contribution in [1.29, 1.82) is 0 Å². The van der Waals surface area contributed by atoms with E-state index in [1.54, 1.807) is 37.4 Å². The highest BCUT2D eigenvalue weighted by Gasteiger charge is 2.25. The number of carbonyl (C=O) groups excluding carboxylic acids is 2. The third-order valence-corrected chi connectivity index (χ3v) is 7.88. The zero-order chi connectivity index (χ0) is 25.0. The molecule has 0 saturated carbocycles. The Bertz CT molecular complexity index is 1330. The van der Waals surface area contributed by atoms with Crippen LogP contribution in [0.3, 0.4) is 0 Å². The van der Waals surface area contributed by atoms with Crippen LogP contribution in [0.15, 0.2) is 77.3 Å². The minimum Gasteiger partial charge on any atom is -0.497 e. The highest BCUT2D eigenvalue weighted by Crippen LogP contribution is 2.22. The van der Waals surface area contributed by atoms with Gasteiger partial charge in [0.25, 0.3) is 5.91 Å². The molecule has 35 heavy (non-hydrogen) atoms. The van der Waals surface area contributed by atoms with Crippen molar-refractivity contribution >= 4 is 41.7 Å². The first-order valence-electron chi connectivity index (χ1n) is 11.4. The van der Waals surface area contributed by atoms with Crippen molar-refractivity contribution in [3.05, 3.63) is 84.1 Å². The number of benzene rings is 3. The number of hydrogen-bond donors (Lipinski definition) is 2. The number of hydrogen-bond acceptors (Lipinski definition) is 5. The fourth-order valence-electron chi connectivity index (χ4n) is 3.79. The van der Waals surface area contributed by atoms with Gasteiger partial charge in [0.05, 0.1) is 21.6 Å². The Kier molecular flexibility index (Phi) is 7.02. The van der Waals surface area contributed by atoms with Crippen molar-refractivity contribution in [3.63, 3.8) is 0 Å². The maximum atomic E-state index is 13.3. The summed E-state index contributed by atoms with van der Waals surface area (Å²) in [7, 11) is 0.129. The molecule has 1 aromatic heterocycles. The van der Waals surface area contributed by atoms with Crippen molar-refractivity contribution in [2.45, 2.75) is 32.1 Å². The Hall–Kier alpha value is -3.91. The SMILES string of the molecule is COc1ccc(C(NC(=O)Cc2noc3ccccc23)C(=O)Nc2ccc([Si](C)(C)C)cc2)cc1. The van der Waals surface area contributed by atoms with Gasteiger partial charge in [-0.15, -0.1) is 0 Å². The number of carbonyl (C=O) groups is 2. The number of fused-ring (bicyclic) bond motifs is 1. The summed E-state index contributed by atoms with van der Waals surface area (Å²) >= 11 is 0. The molecule has 0 bridgehead atoms. The second kappa shape index (κ2) is 10.1. The number of anilines is 1. The summed E-state index contributed by atoms with van der Waals surface area (Å²) in [6.45, 7) is 6.82. The van der Waals surface area contributed by atoms with Gasteiger partial charge in [-0.25, -0.2) is 0 Å². The van der Waals surface area contributed by atoms with Crippen LogP contribution in [0.25, 0.3) is 11.0 Å². The van der Waals surface area contributed by atoms with Gasteiger partial charge in [-0.05, 0) is 42.0 Å². The Labute approximate surface area is 205 Å². The van der Waals surface area contributed by atoms with Crippen LogP contribution in [0.1, 0.15) is 17.3 Å². The lowest BCUT2D eigenvalue weighted by Crippen LogP contribution is -2.38. The van der Waals surface area contributed by atoms with E-state index in [9.17, 15) is 9.59 Å². The number of ether oxygens (including phenoxy) is 1. The summed E-state index contributed by atoms with van der Waals surface area (Å²) in [5.74, 6) is -0.0152. The van der Waals surface area contributed by atoms with Crippen LogP contribution in [0, 0.1) is 0 Å². The first kappa shape index (κ1) is 24.2. The van der Waals surface area contributed by atoms with Crippen LogP contribution >= 0.6 is 0 Å². The lowest BCUT2D eigenvalue weighted by Gasteiger charge is -2.20. The van der Waals surface area contributed by atoms with Gasteiger partial charge in [0, 0.05) is 11.1 Å². The Morgan fingerprint density at radius 1 is 0.971 bits per heavy atom. The standard InChI is InChI=1S/C27H29N3O4Si/c1-33-20-13-9-18(10-14-20)26(27(32)28-19-11-15-21(16-12-19)35(2,3)4)29-25(31)17-23-22-7-5-6-8-24(22)34-30-23/h5-16,26H,17H2,1-4H3,(H,28,32)(H,29,31). The third kappa shape index (κ3) is 5.78. The molecule has 180 valence electrons. The average Bonchev–Trinajstić information content (AvgIpc) is 3.25. The molecule has 3 aromatic carbocycles. The molecule has 0 aliphatic carbocycles. The van der Waals surface area contributed by atoms with Crippen molar-refractivity contribution in [3.8, 4) is 5.75 Å². The van der Waals surface area contributed by atoms with Gasteiger partial charge in [0.15, 0.2) is 5.58 Å². The summed E-state index contributed by atoms with van der Waals surface area (Å²) in [4.78, 5) is 26.3. The maximum absolute atomic E-state index is 13.3. The van der Waals surface area contributed by atoms with Gasteiger partial charge >= 0.3 is 0 Å². The third-order valence-electron chi connectivity index (χ3n) is 5.82. The number of para-hydroxylation sites is 1. The smallest absolute Gasteiger partial charge is 0.251 e. The fraction of sp³-hybridized carbons (Fsp3) is 0.222. The van der Waals surface area contributed by atoms with Crippen molar-refractivity contribution in [2.24, 2.45) is 0 Å². The zero-order valence-electron chi connectivity index (χ0n) is 20.3. The first-order chi connectivity index (χ1) is 16.7. The Balaban J connectivity index is 1.54. The Morgan fingerprint density at radius 3 is 2.31 bits per heavy atom. The number of rotatable bonds is 8. The minimum atomic E-state index is -1.45. The first-order valence-corrected chi connectivity index (χ1v) is 14.9. The molecular formula is C27H29N3O4Si. The van der Waals surface area contributed by atoms with Crippen LogP contribution in [0.5, 0.6) is 5.75 Å². The normalized spacial score (nSPS) is 12.2. The van der Waals surface area contributed by atoms with Gasteiger partial charge in [-0.2, -0.15) is 0 Å². The van der Waals surface area contributed by atoms with E-state index in [1.165, 1.54) is 5.19 Å². The molecule has 8 heteroatoms. The lowest BCUT2D eigenvalue weighted by atomic mass is 10.0. The Morgan fingerprint density at radius 2 is 1.66 bits per heavy atom. The largest absolute Gasteiger partial charge is 0.497 e. The molecule has 0 saturated heterocycles. The van der Waals surface area contributed by atoms with E-state index >= 15 is 0 Å². The zero-order valence-corrected chi connectivity index (χ0v) is 21.3. The van der Waals surface area contributed by atoms with Crippen molar-refractivity contribution < 1.29 is 18.8 Å². The van der Waals surface area contributed by atoms with Crippen LogP contribution in [-0.2, 0) is 16.0 Å². The van der Waals surface area contributed by atoms with Gasteiger partial charge in [-0.1, -0.05) is 66.4 Å². The van der Waals surface area contributed by atoms with Crippen LogP contribution in [0.2, 0.25) is 19.6 Å². The molecule has 0 aliphatic rings. The number of nitrogens with one attached hydrogen (secondary N) is 2. The van der Waals surface area contributed by atoms with E-state index in [0.29, 0.717) is 28.3 Å².